The average Bonchev–Trinajstić information content (AvgIpc) is 2.91. The number of rotatable bonds is 3. The minimum absolute atomic E-state index is 0.233. The molecule has 8 heteroatoms. The first-order valence-corrected chi connectivity index (χ1v) is 4.86. The summed E-state index contributed by atoms with van der Waals surface area (Å²) < 4.78 is 69.6. The van der Waals surface area contributed by atoms with Crippen molar-refractivity contribution < 1.29 is 26.4 Å². The summed E-state index contributed by atoms with van der Waals surface area (Å²) in [6.07, 6.45) is 2.33. The van der Waals surface area contributed by atoms with E-state index in [0.717, 1.165) is 6.21 Å². The van der Waals surface area contributed by atoms with E-state index >= 15 is 0 Å². The lowest BCUT2D eigenvalue weighted by atomic mass is 10.2. The maximum absolute atomic E-state index is 13.2. The Hall–Kier alpha value is -2.38. The Morgan fingerprint density at radius 1 is 0.947 bits per heavy atom. The summed E-state index contributed by atoms with van der Waals surface area (Å²) in [7, 11) is 0. The number of hydrazone groups is 1. The van der Waals surface area contributed by atoms with Crippen LogP contribution in [0.4, 0.5) is 27.6 Å². The zero-order chi connectivity index (χ0) is 14.0. The van der Waals surface area contributed by atoms with Crippen molar-refractivity contribution in [1.29, 1.82) is 0 Å². The molecule has 2 rings (SSSR count). The Labute approximate surface area is 103 Å². The fourth-order valence-electron chi connectivity index (χ4n) is 1.23. The molecule has 0 radical (unpaired) electrons. The highest BCUT2D eigenvalue weighted by Gasteiger charge is 2.25. The minimum Gasteiger partial charge on any atom is -0.463 e. The number of nitrogens with one attached hydrogen (secondary N) is 1. The molecular weight excluding hydrogens is 271 g/mol. The lowest BCUT2D eigenvalue weighted by Crippen LogP contribution is -2.06. The Balaban J connectivity index is 2.30. The number of furan rings is 1. The molecule has 0 unspecified atom stereocenters. The van der Waals surface area contributed by atoms with Crippen LogP contribution in [-0.4, -0.2) is 6.21 Å². The van der Waals surface area contributed by atoms with Crippen molar-refractivity contribution in [3.63, 3.8) is 0 Å². The first-order valence-electron chi connectivity index (χ1n) is 4.86. The van der Waals surface area contributed by atoms with Crippen LogP contribution in [0.5, 0.6) is 0 Å². The fourth-order valence-corrected chi connectivity index (χ4v) is 1.23. The fraction of sp³-hybridized carbons (Fsp3) is 0. The molecule has 0 aliphatic carbocycles. The summed E-state index contributed by atoms with van der Waals surface area (Å²) >= 11 is 0. The van der Waals surface area contributed by atoms with Crippen molar-refractivity contribution >= 4 is 11.9 Å². The van der Waals surface area contributed by atoms with Gasteiger partial charge in [-0.25, -0.2) is 22.0 Å². The van der Waals surface area contributed by atoms with E-state index in [1.54, 1.807) is 5.43 Å². The van der Waals surface area contributed by atoms with E-state index in [1.807, 2.05) is 0 Å². The molecule has 0 amide bonds. The van der Waals surface area contributed by atoms with E-state index in [4.69, 9.17) is 4.42 Å². The standard InChI is InChI=1S/C11H5F5N2O/c12-6-7(13)9(15)11(10(16)8(6)14)18-17-4-5-2-1-3-19-5/h1-4,18H/b17-4+. The van der Waals surface area contributed by atoms with Gasteiger partial charge in [0.25, 0.3) is 0 Å². The zero-order valence-corrected chi connectivity index (χ0v) is 9.05. The molecule has 0 aliphatic rings. The second-order valence-corrected chi connectivity index (χ2v) is 3.33. The second-order valence-electron chi connectivity index (χ2n) is 3.33. The summed E-state index contributed by atoms with van der Waals surface area (Å²) in [5, 5.41) is 3.31. The molecule has 100 valence electrons. The van der Waals surface area contributed by atoms with Crippen molar-refractivity contribution in [1.82, 2.24) is 0 Å². The summed E-state index contributed by atoms with van der Waals surface area (Å²) in [5.41, 5.74) is 0.504. The molecule has 19 heavy (non-hydrogen) atoms. The summed E-state index contributed by atoms with van der Waals surface area (Å²) in [6, 6.07) is 3.00. The Morgan fingerprint density at radius 3 is 2.05 bits per heavy atom. The summed E-state index contributed by atoms with van der Waals surface area (Å²) in [5.74, 6) is -10.1. The molecular formula is C11H5F5N2O. The minimum atomic E-state index is -2.23. The lowest BCUT2D eigenvalue weighted by molar-refractivity contribution is 0.381. The maximum atomic E-state index is 13.2. The van der Waals surface area contributed by atoms with Crippen LogP contribution in [0.25, 0.3) is 0 Å². The summed E-state index contributed by atoms with van der Waals surface area (Å²) in [6.45, 7) is 0. The van der Waals surface area contributed by atoms with Gasteiger partial charge in [-0.2, -0.15) is 5.10 Å². The van der Waals surface area contributed by atoms with Gasteiger partial charge in [-0.3, -0.25) is 5.43 Å². The van der Waals surface area contributed by atoms with Gasteiger partial charge >= 0.3 is 0 Å². The van der Waals surface area contributed by atoms with Crippen molar-refractivity contribution in [2.45, 2.75) is 0 Å². The normalized spacial score (nSPS) is 11.2. The molecule has 1 N–H and O–H groups in total. The number of hydrogen-bond acceptors (Lipinski definition) is 3. The van der Waals surface area contributed by atoms with Gasteiger partial charge in [0, 0.05) is 0 Å². The molecule has 1 aromatic heterocycles. The maximum Gasteiger partial charge on any atom is 0.200 e. The molecule has 0 bridgehead atoms. The number of benzene rings is 1. The van der Waals surface area contributed by atoms with Gasteiger partial charge in [0.2, 0.25) is 5.82 Å². The third-order valence-electron chi connectivity index (χ3n) is 2.12. The molecule has 1 aromatic carbocycles. The SMILES string of the molecule is Fc1c(F)c(F)c(N/N=C/c2ccco2)c(F)c1F. The molecule has 0 saturated heterocycles. The topological polar surface area (TPSA) is 37.5 Å². The third kappa shape index (κ3) is 2.42. The van der Waals surface area contributed by atoms with Crippen LogP contribution in [-0.2, 0) is 0 Å². The van der Waals surface area contributed by atoms with E-state index in [-0.39, 0.29) is 5.76 Å². The first kappa shape index (κ1) is 13.1. The predicted molar refractivity (Wildman–Crippen MR) is 56.2 cm³/mol. The molecule has 3 nitrogen and oxygen atoms in total. The largest absolute Gasteiger partial charge is 0.463 e. The third-order valence-corrected chi connectivity index (χ3v) is 2.12. The van der Waals surface area contributed by atoms with Gasteiger partial charge in [0.05, 0.1) is 12.5 Å². The molecule has 2 aromatic rings. The summed E-state index contributed by atoms with van der Waals surface area (Å²) in [4.78, 5) is 0. The molecule has 0 saturated carbocycles. The van der Waals surface area contributed by atoms with Crippen LogP contribution in [0.15, 0.2) is 27.9 Å². The average molecular weight is 276 g/mol. The van der Waals surface area contributed by atoms with Crippen LogP contribution in [0.1, 0.15) is 5.76 Å². The van der Waals surface area contributed by atoms with Gasteiger partial charge in [-0.15, -0.1) is 0 Å². The van der Waals surface area contributed by atoms with E-state index in [0.29, 0.717) is 0 Å². The molecule has 0 aliphatic heterocycles. The van der Waals surface area contributed by atoms with Crippen LogP contribution >= 0.6 is 0 Å². The Morgan fingerprint density at radius 2 is 1.53 bits per heavy atom. The molecule has 0 fully saturated rings. The number of nitrogens with zero attached hydrogens (tertiary/aromatic N) is 1. The number of anilines is 1. The Bertz CT molecular complexity index is 596. The lowest BCUT2D eigenvalue weighted by Gasteiger charge is -2.06. The molecule has 0 atom stereocenters. The highest BCUT2D eigenvalue weighted by molar-refractivity contribution is 5.76. The van der Waals surface area contributed by atoms with Crippen LogP contribution in [0.2, 0.25) is 0 Å². The Kier molecular flexibility index (Phi) is 3.50. The van der Waals surface area contributed by atoms with E-state index in [1.165, 1.54) is 18.4 Å². The quantitative estimate of drug-likeness (QED) is 0.306. The molecule has 1 heterocycles. The van der Waals surface area contributed by atoms with Gasteiger partial charge in [0.15, 0.2) is 23.3 Å². The van der Waals surface area contributed by atoms with E-state index in [9.17, 15) is 22.0 Å². The van der Waals surface area contributed by atoms with E-state index < -0.39 is 34.8 Å². The van der Waals surface area contributed by atoms with Gasteiger partial charge in [-0.1, -0.05) is 0 Å². The number of hydrogen-bond donors (Lipinski definition) is 1. The highest BCUT2D eigenvalue weighted by atomic mass is 19.2. The van der Waals surface area contributed by atoms with Crippen molar-refractivity contribution in [3.8, 4) is 0 Å². The van der Waals surface area contributed by atoms with Crippen molar-refractivity contribution in [3.05, 3.63) is 53.2 Å². The van der Waals surface area contributed by atoms with Crippen LogP contribution in [0, 0.1) is 29.1 Å². The monoisotopic (exact) mass is 276 g/mol. The van der Waals surface area contributed by atoms with Crippen molar-refractivity contribution in [2.24, 2.45) is 5.10 Å². The van der Waals surface area contributed by atoms with Crippen molar-refractivity contribution in [2.75, 3.05) is 5.43 Å². The van der Waals surface area contributed by atoms with Gasteiger partial charge in [0.1, 0.15) is 11.4 Å². The number of halogens is 5. The highest BCUT2D eigenvalue weighted by Crippen LogP contribution is 2.26. The first-order chi connectivity index (χ1) is 9.02. The van der Waals surface area contributed by atoms with Gasteiger partial charge < -0.3 is 4.42 Å². The predicted octanol–water partition coefficient (Wildman–Crippen LogP) is 3.42. The second kappa shape index (κ2) is 5.09. The zero-order valence-electron chi connectivity index (χ0n) is 9.05. The van der Waals surface area contributed by atoms with E-state index in [2.05, 4.69) is 5.10 Å². The van der Waals surface area contributed by atoms with Crippen LogP contribution in [0.3, 0.4) is 0 Å². The van der Waals surface area contributed by atoms with Crippen LogP contribution < -0.4 is 5.43 Å². The smallest absolute Gasteiger partial charge is 0.200 e. The molecule has 0 spiro atoms. The van der Waals surface area contributed by atoms with Gasteiger partial charge in [-0.05, 0) is 12.1 Å².